The second kappa shape index (κ2) is 15.1. The molecule has 0 saturated heterocycles. The molecule has 4 aliphatic carbocycles. The van der Waals surface area contributed by atoms with Crippen LogP contribution >= 0.6 is 0 Å². The fraction of sp³-hybridized carbons (Fsp3) is 0.132. The maximum Gasteiger partial charge on any atom is 0.0159 e. The van der Waals surface area contributed by atoms with E-state index in [0.717, 1.165) is 0 Å². The molecule has 0 saturated carbocycles. The molecule has 0 amide bonds. The zero-order valence-corrected chi connectivity index (χ0v) is 44.2. The standard InChI is InChI=1S/C76H56/c1-74(2,3)47-32-35-54-59(42-47)67(46-31-34-51-49-25-17-19-29-61(49)76(6,7)63(51)41-46)73-58-39-37-56-68-55(70-64(43-20-10-8-11-21-43)52-26-14-15-27-53(52)65(71(56)70)44-22-12-9-13-23-44)36-38-57(69(58)68)72(73)66(54)45-30-33-50-48-24-16-18-28-60(48)75(4,5)62(50)40-45/h8-42H,1-7H3. The topological polar surface area (TPSA) is 0 Å². The molecule has 12 aromatic carbocycles. The number of fused-ring (bicyclic) bond motifs is 14. The average Bonchev–Trinajstić information content (AvgIpc) is 4.12. The first-order chi connectivity index (χ1) is 36.9. The molecule has 0 aliphatic heterocycles. The summed E-state index contributed by atoms with van der Waals surface area (Å²) in [6.45, 7) is 16.8. The molecule has 12 aromatic rings. The van der Waals surface area contributed by atoms with Crippen molar-refractivity contribution in [1.82, 2.24) is 0 Å². The van der Waals surface area contributed by atoms with Gasteiger partial charge in [0.15, 0.2) is 0 Å². The van der Waals surface area contributed by atoms with Gasteiger partial charge in [-0.2, -0.15) is 0 Å². The fourth-order valence-corrected chi connectivity index (χ4v) is 14.9. The van der Waals surface area contributed by atoms with Crippen molar-refractivity contribution >= 4 is 32.3 Å². The lowest BCUT2D eigenvalue weighted by atomic mass is 9.77. The smallest absolute Gasteiger partial charge is 0.0159 e. The molecule has 0 N–H and O–H groups in total. The lowest BCUT2D eigenvalue weighted by molar-refractivity contribution is 0.591. The molecule has 0 heteroatoms. The van der Waals surface area contributed by atoms with Crippen molar-refractivity contribution < 1.29 is 0 Å². The molecule has 0 nitrogen and oxygen atoms in total. The second-order valence-corrected chi connectivity index (χ2v) is 24.2. The predicted molar refractivity (Wildman–Crippen MR) is 323 cm³/mol. The SMILES string of the molecule is CC(C)(C)c1ccc2c(-c3ccc4c(c3)C(C)(C)c3ccccc3-4)c3c(c(-c4ccc5c(c4)C(C)(C)c4ccccc4-5)c2c1)-c1ccc2c4c(ccc-3c14)-c1c-2c(-c2ccccc2)c2ccccc2c1-c1ccccc1. The van der Waals surface area contributed by atoms with Crippen molar-refractivity contribution in [2.45, 2.75) is 64.7 Å². The molecule has 0 radical (unpaired) electrons. The van der Waals surface area contributed by atoms with Gasteiger partial charge in [-0.25, -0.2) is 0 Å². The zero-order chi connectivity index (χ0) is 51.1. The fourth-order valence-electron chi connectivity index (χ4n) is 14.9. The third-order valence-electron chi connectivity index (χ3n) is 18.5. The highest BCUT2D eigenvalue weighted by molar-refractivity contribution is 6.35. The predicted octanol–water partition coefficient (Wildman–Crippen LogP) is 21.0. The van der Waals surface area contributed by atoms with Crippen molar-refractivity contribution in [2.24, 2.45) is 0 Å². The van der Waals surface area contributed by atoms with Crippen LogP contribution in [-0.2, 0) is 16.2 Å². The van der Waals surface area contributed by atoms with E-state index in [4.69, 9.17) is 0 Å². The van der Waals surface area contributed by atoms with Gasteiger partial charge in [0.2, 0.25) is 0 Å². The normalized spacial score (nSPS) is 14.5. The first kappa shape index (κ1) is 43.8. The molecule has 0 unspecified atom stereocenters. The summed E-state index contributed by atoms with van der Waals surface area (Å²) >= 11 is 0. The summed E-state index contributed by atoms with van der Waals surface area (Å²) < 4.78 is 0. The number of benzene rings is 12. The van der Waals surface area contributed by atoms with Crippen LogP contribution in [0.15, 0.2) is 212 Å². The van der Waals surface area contributed by atoms with E-state index in [0.29, 0.717) is 0 Å². The van der Waals surface area contributed by atoms with Gasteiger partial charge in [0.25, 0.3) is 0 Å². The number of hydrogen-bond acceptors (Lipinski definition) is 0. The Morgan fingerprint density at radius 1 is 0.250 bits per heavy atom. The summed E-state index contributed by atoms with van der Waals surface area (Å²) in [6.07, 6.45) is 0. The monoisotopic (exact) mass is 968 g/mol. The molecule has 0 atom stereocenters. The van der Waals surface area contributed by atoms with E-state index < -0.39 is 0 Å². The molecule has 16 rings (SSSR count). The van der Waals surface area contributed by atoms with E-state index in [1.165, 1.54) is 171 Å². The quantitative estimate of drug-likeness (QED) is 0.165. The molecule has 0 heterocycles. The third-order valence-corrected chi connectivity index (χ3v) is 18.5. The van der Waals surface area contributed by atoms with Gasteiger partial charge in [-0.3, -0.25) is 0 Å². The van der Waals surface area contributed by atoms with Gasteiger partial charge in [0.1, 0.15) is 0 Å². The second-order valence-electron chi connectivity index (χ2n) is 24.2. The van der Waals surface area contributed by atoms with Crippen LogP contribution in [0.1, 0.15) is 76.3 Å². The minimum Gasteiger partial charge on any atom is -0.0622 e. The Kier molecular flexibility index (Phi) is 8.67. The van der Waals surface area contributed by atoms with Gasteiger partial charge in [0.05, 0.1) is 0 Å². The maximum atomic E-state index is 2.57. The summed E-state index contributed by atoms with van der Waals surface area (Å²) in [5, 5.41) is 7.89. The van der Waals surface area contributed by atoms with E-state index in [2.05, 4.69) is 261 Å². The Balaban J connectivity index is 1.06. The van der Waals surface area contributed by atoms with Gasteiger partial charge < -0.3 is 0 Å². The van der Waals surface area contributed by atoms with E-state index in [-0.39, 0.29) is 16.2 Å². The van der Waals surface area contributed by atoms with Crippen LogP contribution in [0.25, 0.3) is 144 Å². The Morgan fingerprint density at radius 2 is 0.592 bits per heavy atom. The van der Waals surface area contributed by atoms with Crippen LogP contribution in [0, 0.1) is 0 Å². The molecule has 76 heavy (non-hydrogen) atoms. The molecular weight excluding hydrogens is 913 g/mol. The summed E-state index contributed by atoms with van der Waals surface area (Å²) in [6, 6.07) is 81.9. The number of hydrogen-bond donors (Lipinski definition) is 0. The molecule has 0 fully saturated rings. The molecular formula is C76H56. The Morgan fingerprint density at radius 3 is 1.03 bits per heavy atom. The lowest BCUT2D eigenvalue weighted by Crippen LogP contribution is -2.15. The van der Waals surface area contributed by atoms with E-state index >= 15 is 0 Å². The molecule has 4 aliphatic rings. The first-order valence-electron chi connectivity index (χ1n) is 27.3. The largest absolute Gasteiger partial charge is 0.0622 e. The molecule has 360 valence electrons. The Labute approximate surface area is 446 Å². The Bertz CT molecular complexity index is 4480. The molecule has 0 bridgehead atoms. The minimum atomic E-state index is -0.153. The summed E-state index contributed by atoms with van der Waals surface area (Å²) in [4.78, 5) is 0. The highest BCUT2D eigenvalue weighted by Crippen LogP contribution is 2.65. The van der Waals surface area contributed by atoms with Crippen molar-refractivity contribution in [3.05, 3.63) is 240 Å². The minimum absolute atomic E-state index is 0.0661. The highest BCUT2D eigenvalue weighted by Gasteiger charge is 2.41. The first-order valence-corrected chi connectivity index (χ1v) is 27.3. The van der Waals surface area contributed by atoms with Crippen LogP contribution in [0.2, 0.25) is 0 Å². The van der Waals surface area contributed by atoms with Gasteiger partial charge in [-0.05, 0) is 195 Å². The van der Waals surface area contributed by atoms with Crippen LogP contribution in [0.4, 0.5) is 0 Å². The molecule has 0 aromatic heterocycles. The van der Waals surface area contributed by atoms with Gasteiger partial charge in [-0.15, -0.1) is 0 Å². The van der Waals surface area contributed by atoms with Crippen LogP contribution in [-0.4, -0.2) is 0 Å². The molecule has 0 spiro atoms. The summed E-state index contributed by atoms with van der Waals surface area (Å²) in [7, 11) is 0. The van der Waals surface area contributed by atoms with Crippen LogP contribution in [0.5, 0.6) is 0 Å². The number of rotatable bonds is 4. The van der Waals surface area contributed by atoms with Gasteiger partial charge in [0, 0.05) is 10.8 Å². The summed E-state index contributed by atoms with van der Waals surface area (Å²) in [5.41, 5.74) is 32.9. The highest BCUT2D eigenvalue weighted by atomic mass is 14.4. The van der Waals surface area contributed by atoms with Crippen molar-refractivity contribution in [2.75, 3.05) is 0 Å². The summed E-state index contributed by atoms with van der Waals surface area (Å²) in [5.74, 6) is 0. The van der Waals surface area contributed by atoms with Crippen molar-refractivity contribution in [1.29, 1.82) is 0 Å². The van der Waals surface area contributed by atoms with Crippen LogP contribution < -0.4 is 0 Å². The zero-order valence-electron chi connectivity index (χ0n) is 44.2. The maximum absolute atomic E-state index is 2.57. The van der Waals surface area contributed by atoms with Crippen LogP contribution in [0.3, 0.4) is 0 Å². The van der Waals surface area contributed by atoms with E-state index in [9.17, 15) is 0 Å². The van der Waals surface area contributed by atoms with E-state index in [1.807, 2.05) is 0 Å². The van der Waals surface area contributed by atoms with Crippen molar-refractivity contribution in [3.8, 4) is 111 Å². The lowest BCUT2D eigenvalue weighted by Gasteiger charge is -2.26. The Hall–Kier alpha value is -8.58. The average molecular weight is 969 g/mol. The third kappa shape index (κ3) is 5.64. The van der Waals surface area contributed by atoms with Gasteiger partial charge >= 0.3 is 0 Å². The van der Waals surface area contributed by atoms with Crippen molar-refractivity contribution in [3.63, 3.8) is 0 Å². The van der Waals surface area contributed by atoms with Gasteiger partial charge in [-0.1, -0.05) is 243 Å². The van der Waals surface area contributed by atoms with E-state index in [1.54, 1.807) is 0 Å².